The molecule has 0 aliphatic heterocycles. The van der Waals surface area contributed by atoms with Crippen molar-refractivity contribution in [2.75, 3.05) is 6.54 Å². The summed E-state index contributed by atoms with van der Waals surface area (Å²) in [5.74, 6) is -2.16. The predicted molar refractivity (Wildman–Crippen MR) is 118 cm³/mol. The minimum atomic E-state index is -4.11. The van der Waals surface area contributed by atoms with Crippen LogP contribution in [0.1, 0.15) is 65.4 Å². The average Bonchev–Trinajstić information content (AvgIpc) is 2.77. The SMILES string of the molecule is CCCCCCC(=O)NCCc1ccc(S(=O)(=O)NC(=O)c2ccc(C(=O)O)nc2)cc1. The Bertz CT molecular complexity index is 1030. The Morgan fingerprint density at radius 2 is 1.72 bits per heavy atom. The summed E-state index contributed by atoms with van der Waals surface area (Å²) in [6, 6.07) is 8.29. The number of nitrogens with zero attached hydrogens (tertiary/aromatic N) is 1. The van der Waals surface area contributed by atoms with Gasteiger partial charge < -0.3 is 10.4 Å². The molecule has 0 aliphatic rings. The Morgan fingerprint density at radius 3 is 2.31 bits per heavy atom. The summed E-state index contributed by atoms with van der Waals surface area (Å²) in [7, 11) is -4.11. The lowest BCUT2D eigenvalue weighted by Crippen LogP contribution is -2.30. The first-order chi connectivity index (χ1) is 15.2. The number of unbranched alkanes of at least 4 members (excludes halogenated alkanes) is 3. The number of carboxylic acid groups (broad SMARTS) is 1. The van der Waals surface area contributed by atoms with Crippen molar-refractivity contribution in [3.05, 3.63) is 59.4 Å². The molecule has 0 bridgehead atoms. The van der Waals surface area contributed by atoms with Crippen LogP contribution in [0.5, 0.6) is 0 Å². The average molecular weight is 462 g/mol. The topological polar surface area (TPSA) is 143 Å². The van der Waals surface area contributed by atoms with Crippen LogP contribution in [0, 0.1) is 0 Å². The summed E-state index contributed by atoms with van der Waals surface area (Å²) in [5, 5.41) is 11.7. The van der Waals surface area contributed by atoms with Crippen LogP contribution in [-0.2, 0) is 21.2 Å². The fourth-order valence-electron chi connectivity index (χ4n) is 2.88. The normalized spacial score (nSPS) is 11.0. The molecule has 2 amide bonds. The third-order valence-electron chi connectivity index (χ3n) is 4.70. The van der Waals surface area contributed by atoms with Crippen LogP contribution in [0.25, 0.3) is 0 Å². The molecular formula is C22H27N3O6S. The number of rotatable bonds is 12. The monoisotopic (exact) mass is 461 g/mol. The zero-order valence-electron chi connectivity index (χ0n) is 17.8. The first-order valence-electron chi connectivity index (χ1n) is 10.3. The van der Waals surface area contributed by atoms with Gasteiger partial charge in [-0.1, -0.05) is 38.3 Å². The summed E-state index contributed by atoms with van der Waals surface area (Å²) >= 11 is 0. The van der Waals surface area contributed by atoms with Gasteiger partial charge in [0.15, 0.2) is 0 Å². The maximum atomic E-state index is 12.4. The zero-order chi connectivity index (χ0) is 23.6. The fourth-order valence-corrected chi connectivity index (χ4v) is 3.85. The molecule has 0 aliphatic carbocycles. The van der Waals surface area contributed by atoms with E-state index in [4.69, 9.17) is 5.11 Å². The molecule has 0 radical (unpaired) electrons. The van der Waals surface area contributed by atoms with E-state index in [2.05, 4.69) is 17.2 Å². The Labute approximate surface area is 187 Å². The summed E-state index contributed by atoms with van der Waals surface area (Å²) in [4.78, 5) is 38.3. The van der Waals surface area contributed by atoms with Gasteiger partial charge in [-0.25, -0.2) is 22.9 Å². The molecule has 0 atom stereocenters. The minimum absolute atomic E-state index is 0.00823. The first kappa shape index (κ1) is 25.0. The Morgan fingerprint density at radius 1 is 1.00 bits per heavy atom. The minimum Gasteiger partial charge on any atom is -0.477 e. The molecule has 2 rings (SSSR count). The Balaban J connectivity index is 1.87. The van der Waals surface area contributed by atoms with Crippen molar-refractivity contribution in [2.45, 2.75) is 50.3 Å². The number of hydrogen-bond acceptors (Lipinski definition) is 6. The lowest BCUT2D eigenvalue weighted by molar-refractivity contribution is -0.121. The van der Waals surface area contributed by atoms with Crippen LogP contribution in [0.3, 0.4) is 0 Å². The Kier molecular flexibility index (Phi) is 9.33. The van der Waals surface area contributed by atoms with Gasteiger partial charge in [0.1, 0.15) is 5.69 Å². The summed E-state index contributed by atoms with van der Waals surface area (Å²) < 4.78 is 26.8. The van der Waals surface area contributed by atoms with Crippen LogP contribution in [-0.4, -0.2) is 42.8 Å². The molecule has 0 fully saturated rings. The maximum absolute atomic E-state index is 12.4. The first-order valence-corrected chi connectivity index (χ1v) is 11.8. The highest BCUT2D eigenvalue weighted by Gasteiger charge is 2.19. The van der Waals surface area contributed by atoms with Gasteiger partial charge in [-0.15, -0.1) is 0 Å². The van der Waals surface area contributed by atoms with Crippen LogP contribution in [0.4, 0.5) is 0 Å². The number of carbonyl (C=O) groups is 3. The fraction of sp³-hybridized carbons (Fsp3) is 0.364. The number of nitrogens with one attached hydrogen (secondary N) is 2. The van der Waals surface area contributed by atoms with E-state index in [0.29, 0.717) is 19.4 Å². The number of pyridine rings is 1. The zero-order valence-corrected chi connectivity index (χ0v) is 18.7. The smallest absolute Gasteiger partial charge is 0.354 e. The molecule has 9 nitrogen and oxygen atoms in total. The number of benzene rings is 1. The van der Waals surface area contributed by atoms with Gasteiger partial charge in [-0.3, -0.25) is 9.59 Å². The highest BCUT2D eigenvalue weighted by atomic mass is 32.2. The third kappa shape index (κ3) is 7.77. The van der Waals surface area contributed by atoms with Crippen LogP contribution >= 0.6 is 0 Å². The molecular weight excluding hydrogens is 434 g/mol. The molecule has 0 spiro atoms. The van der Waals surface area contributed by atoms with Crippen molar-refractivity contribution < 1.29 is 27.9 Å². The second kappa shape index (κ2) is 11.9. The van der Waals surface area contributed by atoms with E-state index in [1.165, 1.54) is 18.2 Å². The van der Waals surface area contributed by atoms with Crippen molar-refractivity contribution in [3.63, 3.8) is 0 Å². The van der Waals surface area contributed by atoms with E-state index < -0.39 is 21.9 Å². The molecule has 32 heavy (non-hydrogen) atoms. The van der Waals surface area contributed by atoms with E-state index in [-0.39, 0.29) is 22.1 Å². The van der Waals surface area contributed by atoms with E-state index >= 15 is 0 Å². The van der Waals surface area contributed by atoms with Crippen molar-refractivity contribution in [3.8, 4) is 0 Å². The Hall–Kier alpha value is -3.27. The van der Waals surface area contributed by atoms with Gasteiger partial charge >= 0.3 is 5.97 Å². The standard InChI is InChI=1S/C22H27N3O6S/c1-2-3-4-5-6-20(26)23-14-13-16-7-10-18(11-8-16)32(30,31)25-21(27)17-9-12-19(22(28)29)24-15-17/h7-12,15H,2-6,13-14H2,1H3,(H,23,26)(H,25,27)(H,28,29). The molecule has 0 unspecified atom stereocenters. The number of aromatic nitrogens is 1. The quantitative estimate of drug-likeness (QED) is 0.412. The number of carboxylic acids is 1. The van der Waals surface area contributed by atoms with Gasteiger partial charge in [0, 0.05) is 19.2 Å². The largest absolute Gasteiger partial charge is 0.477 e. The van der Waals surface area contributed by atoms with Gasteiger partial charge in [-0.05, 0) is 42.7 Å². The molecule has 2 aromatic rings. The molecule has 0 saturated carbocycles. The van der Waals surface area contributed by atoms with Crippen LogP contribution < -0.4 is 10.0 Å². The summed E-state index contributed by atoms with van der Waals surface area (Å²) in [5.41, 5.74) is 0.503. The molecule has 10 heteroatoms. The number of amides is 2. The second-order valence-corrected chi connectivity index (χ2v) is 8.91. The number of aromatic carboxylic acids is 1. The lowest BCUT2D eigenvalue weighted by Gasteiger charge is -2.09. The number of hydrogen-bond donors (Lipinski definition) is 3. The van der Waals surface area contributed by atoms with Gasteiger partial charge in [0.2, 0.25) is 5.91 Å². The van der Waals surface area contributed by atoms with Gasteiger partial charge in [-0.2, -0.15) is 0 Å². The molecule has 1 aromatic carbocycles. The van der Waals surface area contributed by atoms with E-state index in [1.54, 1.807) is 12.1 Å². The molecule has 0 saturated heterocycles. The van der Waals surface area contributed by atoms with Crippen molar-refractivity contribution >= 4 is 27.8 Å². The molecule has 1 aromatic heterocycles. The van der Waals surface area contributed by atoms with Gasteiger partial charge in [0.05, 0.1) is 10.5 Å². The van der Waals surface area contributed by atoms with Gasteiger partial charge in [0.25, 0.3) is 15.9 Å². The lowest BCUT2D eigenvalue weighted by atomic mass is 10.1. The van der Waals surface area contributed by atoms with Crippen molar-refractivity contribution in [1.29, 1.82) is 0 Å². The number of carbonyl (C=O) groups excluding carboxylic acids is 2. The van der Waals surface area contributed by atoms with Crippen molar-refractivity contribution in [2.24, 2.45) is 0 Å². The predicted octanol–water partition coefficient (Wildman–Crippen LogP) is 2.53. The van der Waals surface area contributed by atoms with Crippen LogP contribution in [0.2, 0.25) is 0 Å². The third-order valence-corrected chi connectivity index (χ3v) is 6.05. The van der Waals surface area contributed by atoms with E-state index in [0.717, 1.165) is 43.5 Å². The van der Waals surface area contributed by atoms with Crippen LogP contribution in [0.15, 0.2) is 47.5 Å². The molecule has 3 N–H and O–H groups in total. The van der Waals surface area contributed by atoms with Crippen molar-refractivity contribution in [1.82, 2.24) is 15.0 Å². The molecule has 172 valence electrons. The van der Waals surface area contributed by atoms with E-state index in [1.807, 2.05) is 4.72 Å². The molecule has 1 heterocycles. The highest BCUT2D eigenvalue weighted by Crippen LogP contribution is 2.12. The highest BCUT2D eigenvalue weighted by molar-refractivity contribution is 7.90. The second-order valence-electron chi connectivity index (χ2n) is 7.23. The van der Waals surface area contributed by atoms with E-state index in [9.17, 15) is 22.8 Å². The maximum Gasteiger partial charge on any atom is 0.354 e. The summed E-state index contributed by atoms with van der Waals surface area (Å²) in [6.07, 6.45) is 6.21. The summed E-state index contributed by atoms with van der Waals surface area (Å²) in [6.45, 7) is 2.57. The number of sulfonamides is 1.